The zero-order valence-corrected chi connectivity index (χ0v) is 20.3. The number of phenolic OH excluding ortho intramolecular Hbond substituents is 1. The van der Waals surface area contributed by atoms with Crippen LogP contribution < -0.4 is 5.73 Å². The van der Waals surface area contributed by atoms with E-state index in [1.165, 1.54) is 11.1 Å². The van der Waals surface area contributed by atoms with E-state index < -0.39 is 5.54 Å². The Morgan fingerprint density at radius 3 is 1.62 bits per heavy atom. The lowest BCUT2D eigenvalue weighted by Crippen LogP contribution is -2.39. The molecule has 0 heterocycles. The minimum Gasteiger partial charge on any atom is -0.508 e. The molecule has 2 nitrogen and oxygen atoms in total. The molecule has 3 rings (SSSR count). The molecule has 0 aliphatic rings. The van der Waals surface area contributed by atoms with Crippen molar-refractivity contribution in [3.05, 3.63) is 113 Å². The van der Waals surface area contributed by atoms with Crippen molar-refractivity contribution >= 4 is 0 Å². The van der Waals surface area contributed by atoms with Crippen LogP contribution >= 0.6 is 0 Å². The molecule has 0 amide bonds. The van der Waals surface area contributed by atoms with Gasteiger partial charge in [0.05, 0.1) is 5.54 Å². The number of allylic oxidation sites excluding steroid dienone is 1. The zero-order chi connectivity index (χ0) is 23.7. The molecule has 0 spiro atoms. The van der Waals surface area contributed by atoms with Crippen molar-refractivity contribution < 1.29 is 5.11 Å². The third kappa shape index (κ3) is 4.12. The van der Waals surface area contributed by atoms with Gasteiger partial charge in [0.2, 0.25) is 0 Å². The summed E-state index contributed by atoms with van der Waals surface area (Å²) < 4.78 is 0. The van der Waals surface area contributed by atoms with Crippen LogP contribution in [0.4, 0.5) is 0 Å². The summed E-state index contributed by atoms with van der Waals surface area (Å²) in [6, 6.07) is 24.3. The van der Waals surface area contributed by atoms with Gasteiger partial charge in [-0.25, -0.2) is 0 Å². The lowest BCUT2D eigenvalue weighted by molar-refractivity contribution is 0.131. The normalized spacial score (nSPS) is 15.1. The van der Waals surface area contributed by atoms with E-state index in [4.69, 9.17) is 5.73 Å². The Bertz CT molecular complexity index is 1010. The number of benzene rings is 3. The molecular weight excluding hydrogens is 390 g/mol. The van der Waals surface area contributed by atoms with Crippen molar-refractivity contribution in [2.45, 2.75) is 53.0 Å². The summed E-state index contributed by atoms with van der Waals surface area (Å²) in [6.45, 7) is 17.5. The van der Waals surface area contributed by atoms with Gasteiger partial charge in [-0.3, -0.25) is 0 Å². The van der Waals surface area contributed by atoms with Crippen LogP contribution in [0.5, 0.6) is 5.75 Å². The highest BCUT2D eigenvalue weighted by Crippen LogP contribution is 2.49. The minimum absolute atomic E-state index is 0.00332. The van der Waals surface area contributed by atoms with Gasteiger partial charge in [0.25, 0.3) is 0 Å². The molecule has 0 radical (unpaired) electrons. The van der Waals surface area contributed by atoms with Crippen molar-refractivity contribution in [2.24, 2.45) is 16.6 Å². The minimum atomic E-state index is -0.820. The van der Waals surface area contributed by atoms with Gasteiger partial charge in [-0.05, 0) is 58.1 Å². The molecule has 2 unspecified atom stereocenters. The van der Waals surface area contributed by atoms with Crippen molar-refractivity contribution in [1.82, 2.24) is 0 Å². The number of aryl methyl sites for hydroxylation is 1. The third-order valence-electron chi connectivity index (χ3n) is 7.95. The van der Waals surface area contributed by atoms with Crippen LogP contribution in [0.25, 0.3) is 0 Å². The first-order valence-electron chi connectivity index (χ1n) is 11.3. The van der Waals surface area contributed by atoms with Gasteiger partial charge in [0, 0.05) is 0 Å². The summed E-state index contributed by atoms with van der Waals surface area (Å²) >= 11 is 0. The van der Waals surface area contributed by atoms with Crippen LogP contribution in [0.2, 0.25) is 0 Å². The average Bonchev–Trinajstić information content (AvgIpc) is 2.79. The maximum atomic E-state index is 9.81. The van der Waals surface area contributed by atoms with E-state index in [0.29, 0.717) is 5.92 Å². The highest BCUT2D eigenvalue weighted by atomic mass is 16.3. The third-order valence-corrected chi connectivity index (χ3v) is 7.95. The van der Waals surface area contributed by atoms with E-state index in [1.807, 2.05) is 12.1 Å². The van der Waals surface area contributed by atoms with Gasteiger partial charge in [-0.1, -0.05) is 107 Å². The SMILES string of the molecule is C=CC(C)(C)C(C)(C)C(C)c1ccc(C(N)(c2ccc(C)cc2)c2ccc(O)cc2)cc1. The van der Waals surface area contributed by atoms with Crippen LogP contribution in [0.1, 0.15) is 68.4 Å². The van der Waals surface area contributed by atoms with Crippen LogP contribution in [0.3, 0.4) is 0 Å². The van der Waals surface area contributed by atoms with Gasteiger partial charge in [-0.2, -0.15) is 0 Å². The number of rotatable bonds is 7. The molecule has 0 fully saturated rings. The van der Waals surface area contributed by atoms with Gasteiger partial charge in [-0.15, -0.1) is 6.58 Å². The smallest absolute Gasteiger partial charge is 0.115 e. The summed E-state index contributed by atoms with van der Waals surface area (Å²) in [5, 5.41) is 9.81. The fourth-order valence-corrected chi connectivity index (χ4v) is 4.31. The lowest BCUT2D eigenvalue weighted by Gasteiger charge is -2.44. The molecule has 0 aliphatic heterocycles. The van der Waals surface area contributed by atoms with Crippen molar-refractivity contribution in [1.29, 1.82) is 0 Å². The number of hydrogen-bond acceptors (Lipinski definition) is 2. The molecule has 3 aromatic carbocycles. The average molecular weight is 428 g/mol. The molecule has 3 aromatic rings. The number of hydrogen-bond donors (Lipinski definition) is 2. The van der Waals surface area contributed by atoms with Crippen LogP contribution in [0, 0.1) is 17.8 Å². The second-order valence-corrected chi connectivity index (χ2v) is 10.2. The Kier molecular flexibility index (Phi) is 6.40. The Labute approximate surface area is 193 Å². The molecule has 32 heavy (non-hydrogen) atoms. The first-order chi connectivity index (χ1) is 14.9. The van der Waals surface area contributed by atoms with Crippen LogP contribution in [0.15, 0.2) is 85.5 Å². The lowest BCUT2D eigenvalue weighted by atomic mass is 9.60. The molecular formula is C30H37NO. The fraction of sp³-hybridized carbons (Fsp3) is 0.333. The van der Waals surface area contributed by atoms with E-state index in [0.717, 1.165) is 16.7 Å². The van der Waals surface area contributed by atoms with Gasteiger partial charge >= 0.3 is 0 Å². The molecule has 2 atom stereocenters. The van der Waals surface area contributed by atoms with Crippen LogP contribution in [-0.2, 0) is 5.54 Å². The number of aromatic hydroxyl groups is 1. The topological polar surface area (TPSA) is 46.2 Å². The van der Waals surface area contributed by atoms with E-state index in [-0.39, 0.29) is 16.6 Å². The Hall–Kier alpha value is -2.84. The highest BCUT2D eigenvalue weighted by molar-refractivity contribution is 5.50. The second-order valence-electron chi connectivity index (χ2n) is 10.2. The van der Waals surface area contributed by atoms with E-state index >= 15 is 0 Å². The maximum absolute atomic E-state index is 9.81. The largest absolute Gasteiger partial charge is 0.508 e. The van der Waals surface area contributed by atoms with Crippen molar-refractivity contribution in [3.8, 4) is 5.75 Å². The molecule has 2 heteroatoms. The first-order valence-corrected chi connectivity index (χ1v) is 11.3. The van der Waals surface area contributed by atoms with Gasteiger partial charge in [0.15, 0.2) is 0 Å². The maximum Gasteiger partial charge on any atom is 0.115 e. The number of phenols is 1. The molecule has 0 aliphatic carbocycles. The summed E-state index contributed by atoms with van der Waals surface area (Å²) in [5.41, 5.74) is 11.8. The molecule has 0 saturated carbocycles. The zero-order valence-electron chi connectivity index (χ0n) is 20.3. The summed E-state index contributed by atoms with van der Waals surface area (Å²) in [6.07, 6.45) is 2.06. The van der Waals surface area contributed by atoms with E-state index in [1.54, 1.807) is 12.1 Å². The van der Waals surface area contributed by atoms with Gasteiger partial charge < -0.3 is 10.8 Å². The Morgan fingerprint density at radius 1 is 0.781 bits per heavy atom. The molecule has 168 valence electrons. The predicted octanol–water partition coefficient (Wildman–Crippen LogP) is 7.29. The van der Waals surface area contributed by atoms with E-state index in [2.05, 4.69) is 103 Å². The fourth-order valence-electron chi connectivity index (χ4n) is 4.31. The number of nitrogens with two attached hydrogens (primary N) is 1. The molecule has 0 bridgehead atoms. The standard InChI is InChI=1S/C30H37NO/c1-8-28(4,5)29(6,7)22(3)23-11-15-25(16-12-23)30(31,24-13-9-21(2)10-14-24)26-17-19-27(32)20-18-26/h8-20,22,32H,1,31H2,2-7H3. The highest BCUT2D eigenvalue weighted by Gasteiger charge is 2.40. The quantitative estimate of drug-likeness (QED) is 0.307. The summed E-state index contributed by atoms with van der Waals surface area (Å²) in [7, 11) is 0. The first kappa shape index (κ1) is 23.8. The molecule has 0 aromatic heterocycles. The Morgan fingerprint density at radius 2 is 1.19 bits per heavy atom. The monoisotopic (exact) mass is 427 g/mol. The van der Waals surface area contributed by atoms with Crippen molar-refractivity contribution in [2.75, 3.05) is 0 Å². The van der Waals surface area contributed by atoms with Crippen LogP contribution in [-0.4, -0.2) is 5.11 Å². The summed E-state index contributed by atoms with van der Waals surface area (Å²) in [5.74, 6) is 0.570. The van der Waals surface area contributed by atoms with Crippen molar-refractivity contribution in [3.63, 3.8) is 0 Å². The van der Waals surface area contributed by atoms with Gasteiger partial charge in [0.1, 0.15) is 5.75 Å². The predicted molar refractivity (Wildman–Crippen MR) is 136 cm³/mol. The molecule has 0 saturated heterocycles. The molecule has 3 N–H and O–H groups in total. The summed E-state index contributed by atoms with van der Waals surface area (Å²) in [4.78, 5) is 0. The Balaban J connectivity index is 2.08. The van der Waals surface area contributed by atoms with E-state index in [9.17, 15) is 5.11 Å². The second kappa shape index (κ2) is 8.60.